The molecule has 1 aromatic carbocycles. The molecule has 3 heterocycles. The first-order valence-electron chi connectivity index (χ1n) is 12.6. The Bertz CT molecular complexity index is 1440. The van der Waals surface area contributed by atoms with Gasteiger partial charge in [0.1, 0.15) is 22.3 Å². The van der Waals surface area contributed by atoms with Gasteiger partial charge in [-0.1, -0.05) is 18.9 Å². The van der Waals surface area contributed by atoms with Gasteiger partial charge in [-0.2, -0.15) is 13.9 Å². The number of rotatable bonds is 8. The third kappa shape index (κ3) is 5.04. The van der Waals surface area contributed by atoms with E-state index in [1.54, 1.807) is 12.3 Å². The van der Waals surface area contributed by atoms with E-state index in [-0.39, 0.29) is 5.91 Å². The standard InChI is InChI=1S/C26H27F2IN6O2S/c1-14-31-12-20(38-14)24(36)32-23-21-19(34-35(23)9-7-15-2-3-15)11-25(33-22(21)30)8-6-16-10-17(4-5-18(16)25)37-13-26(27,28)29/h4-5,10,12,15H,2-3,6-9,11,13H2,1H3,(H2,30,33)(H,32,36)/t25-/m0/s1. The zero-order chi connectivity index (χ0) is 26.7. The van der Waals surface area contributed by atoms with Crippen LogP contribution < -0.4 is 15.8 Å². The number of halogens is 3. The molecule has 12 heteroatoms. The summed E-state index contributed by atoms with van der Waals surface area (Å²) in [4.78, 5) is 22.8. The summed E-state index contributed by atoms with van der Waals surface area (Å²) in [5.74, 6) is 1.80. The lowest BCUT2D eigenvalue weighted by Gasteiger charge is -2.30. The monoisotopic (exact) mass is 652 g/mol. The third-order valence-electron chi connectivity index (χ3n) is 7.39. The van der Waals surface area contributed by atoms with Gasteiger partial charge in [0.25, 0.3) is 5.91 Å². The van der Waals surface area contributed by atoms with Crippen molar-refractivity contribution in [3.8, 4) is 5.75 Å². The predicted molar refractivity (Wildman–Crippen MR) is 150 cm³/mol. The van der Waals surface area contributed by atoms with Crippen LogP contribution in [0.4, 0.5) is 14.6 Å². The Morgan fingerprint density at radius 2 is 2.21 bits per heavy atom. The number of aromatic nitrogens is 3. The fourth-order valence-electron chi connectivity index (χ4n) is 5.40. The number of anilines is 1. The maximum Gasteiger partial charge on any atom is 0.329 e. The molecule has 3 aliphatic rings. The second kappa shape index (κ2) is 9.54. The van der Waals surface area contributed by atoms with Gasteiger partial charge in [0, 0.05) is 35.6 Å². The van der Waals surface area contributed by atoms with E-state index in [4.69, 9.17) is 20.6 Å². The lowest BCUT2D eigenvalue weighted by atomic mass is 9.84. The van der Waals surface area contributed by atoms with Crippen LogP contribution in [0.25, 0.3) is 0 Å². The Kier molecular flexibility index (Phi) is 6.44. The molecule has 1 saturated carbocycles. The quantitative estimate of drug-likeness (QED) is 0.257. The smallest absolute Gasteiger partial charge is 0.329 e. The van der Waals surface area contributed by atoms with Crippen LogP contribution in [0.2, 0.25) is 0 Å². The van der Waals surface area contributed by atoms with E-state index in [0.717, 1.165) is 63.7 Å². The van der Waals surface area contributed by atoms with Crippen LogP contribution in [0.1, 0.15) is 62.7 Å². The number of amidine groups is 1. The molecule has 0 bridgehead atoms. The van der Waals surface area contributed by atoms with Crippen LogP contribution in [0.15, 0.2) is 29.4 Å². The molecule has 38 heavy (non-hydrogen) atoms. The number of amides is 1. The van der Waals surface area contributed by atoms with Crippen LogP contribution in [-0.4, -0.2) is 37.0 Å². The molecule has 2 aromatic heterocycles. The van der Waals surface area contributed by atoms with Crippen LogP contribution >= 0.6 is 33.9 Å². The molecule has 0 unspecified atom stereocenters. The number of aliphatic imine (C=N–C) groups is 1. The van der Waals surface area contributed by atoms with Crippen molar-refractivity contribution in [1.29, 1.82) is 0 Å². The average Bonchev–Trinajstić information content (AvgIpc) is 3.35. The molecule has 200 valence electrons. The van der Waals surface area contributed by atoms with Gasteiger partial charge in [0.15, 0.2) is 6.61 Å². The Balaban J connectivity index is 1.31. The van der Waals surface area contributed by atoms with Gasteiger partial charge in [-0.25, -0.2) is 9.67 Å². The average molecular weight is 653 g/mol. The summed E-state index contributed by atoms with van der Waals surface area (Å²) in [6.07, 6.45) is 7.03. The number of nitrogens with two attached hydrogens (primary N) is 1. The Morgan fingerprint density at radius 3 is 2.92 bits per heavy atom. The van der Waals surface area contributed by atoms with Gasteiger partial charge in [0.2, 0.25) is 0 Å². The zero-order valence-electron chi connectivity index (χ0n) is 20.8. The summed E-state index contributed by atoms with van der Waals surface area (Å²) in [6.45, 7) is 1.87. The predicted octanol–water partition coefficient (Wildman–Crippen LogP) is 5.21. The molecule has 1 fully saturated rings. The first-order valence-corrected chi connectivity index (χ1v) is 14.5. The van der Waals surface area contributed by atoms with Crippen molar-refractivity contribution >= 4 is 51.5 Å². The molecule has 8 nitrogen and oxygen atoms in total. The highest BCUT2D eigenvalue weighted by Crippen LogP contribution is 2.47. The molecule has 1 atom stereocenters. The summed E-state index contributed by atoms with van der Waals surface area (Å²) >= 11 is 2.41. The van der Waals surface area contributed by atoms with Crippen molar-refractivity contribution in [3.05, 3.63) is 56.7 Å². The zero-order valence-corrected chi connectivity index (χ0v) is 23.7. The van der Waals surface area contributed by atoms with E-state index < -0.39 is 16.1 Å². The summed E-state index contributed by atoms with van der Waals surface area (Å²) in [5, 5.41) is 8.80. The third-order valence-corrected chi connectivity index (χ3v) is 8.61. The fourth-order valence-corrected chi connectivity index (χ4v) is 6.23. The molecule has 0 radical (unpaired) electrons. The number of hydrogen-bond acceptors (Lipinski definition) is 7. The fraction of sp³-hybridized carbons (Fsp3) is 0.462. The number of fused-ring (bicyclic) bond motifs is 3. The molecule has 6 rings (SSSR count). The molecule has 3 aromatic rings. The number of nitrogens with zero attached hydrogens (tertiary/aromatic N) is 4. The summed E-state index contributed by atoms with van der Waals surface area (Å²) < 4.78 is 30.8. The van der Waals surface area contributed by atoms with Crippen LogP contribution in [-0.2, 0) is 24.9 Å². The van der Waals surface area contributed by atoms with Crippen molar-refractivity contribution in [3.63, 3.8) is 0 Å². The van der Waals surface area contributed by atoms with Crippen LogP contribution in [0.5, 0.6) is 5.75 Å². The SMILES string of the molecule is Cc1ncc(C(=O)Nc2c3c(nn2CCC2CC2)C[C@]2(CCc4cc(OCC(F)(F)I)ccc42)N=C3N)s1. The number of thiazole rings is 1. The number of alkyl halides is 3. The lowest BCUT2D eigenvalue weighted by molar-refractivity contribution is 0.0646. The molecule has 1 amide bonds. The molecular formula is C26H27F2IN6O2S. The van der Waals surface area contributed by atoms with Crippen molar-refractivity contribution in [1.82, 2.24) is 14.8 Å². The highest BCUT2D eigenvalue weighted by atomic mass is 127. The van der Waals surface area contributed by atoms with Crippen LogP contribution in [0.3, 0.4) is 0 Å². The number of benzene rings is 1. The molecule has 2 aliphatic carbocycles. The second-order valence-electron chi connectivity index (χ2n) is 10.3. The number of hydrogen-bond donors (Lipinski definition) is 2. The number of carbonyl (C=O) groups is 1. The number of carbonyl (C=O) groups excluding carboxylic acids is 1. The normalized spacial score (nSPS) is 20.3. The van der Waals surface area contributed by atoms with E-state index in [9.17, 15) is 13.6 Å². The summed E-state index contributed by atoms with van der Waals surface area (Å²) in [5.41, 5.74) is 9.55. The Hall–Kier alpha value is -2.61. The highest BCUT2D eigenvalue weighted by molar-refractivity contribution is 14.1. The maximum absolute atomic E-state index is 13.3. The number of aryl methyl sites for hydroxylation is 3. The van der Waals surface area contributed by atoms with Crippen molar-refractivity contribution < 1.29 is 18.3 Å². The van der Waals surface area contributed by atoms with Crippen molar-refractivity contribution in [2.24, 2.45) is 16.6 Å². The van der Waals surface area contributed by atoms with Gasteiger partial charge in [-0.3, -0.25) is 9.79 Å². The summed E-state index contributed by atoms with van der Waals surface area (Å²) in [6, 6.07) is 5.45. The largest absolute Gasteiger partial charge is 0.486 e. The van der Waals surface area contributed by atoms with Crippen molar-refractivity contribution in [2.45, 2.75) is 61.5 Å². The second-order valence-corrected chi connectivity index (χ2v) is 13.1. The van der Waals surface area contributed by atoms with Gasteiger partial charge in [-0.05, 0) is 55.4 Å². The molecule has 0 saturated heterocycles. The van der Waals surface area contributed by atoms with Gasteiger partial charge < -0.3 is 15.8 Å². The minimum absolute atomic E-state index is 0.241. The molecule has 3 N–H and O–H groups in total. The molecule has 1 spiro atoms. The minimum atomic E-state index is -2.93. The number of ether oxygens (including phenoxy) is 1. The first kappa shape index (κ1) is 25.7. The van der Waals surface area contributed by atoms with Gasteiger partial charge in [0.05, 0.1) is 28.0 Å². The maximum atomic E-state index is 13.3. The van der Waals surface area contributed by atoms with Crippen molar-refractivity contribution in [2.75, 3.05) is 11.9 Å². The Labute approximate surface area is 236 Å². The number of nitrogens with one attached hydrogen (secondary N) is 1. The highest BCUT2D eigenvalue weighted by Gasteiger charge is 2.44. The lowest BCUT2D eigenvalue weighted by Crippen LogP contribution is -2.34. The minimum Gasteiger partial charge on any atom is -0.486 e. The van der Waals surface area contributed by atoms with E-state index >= 15 is 0 Å². The topological polar surface area (TPSA) is 107 Å². The Morgan fingerprint density at radius 1 is 1.39 bits per heavy atom. The van der Waals surface area contributed by atoms with E-state index in [1.807, 2.05) is 23.7 Å². The van der Waals surface area contributed by atoms with Crippen LogP contribution in [0, 0.1) is 12.8 Å². The van der Waals surface area contributed by atoms with E-state index in [0.29, 0.717) is 46.7 Å². The van der Waals surface area contributed by atoms with E-state index in [2.05, 4.69) is 10.3 Å². The van der Waals surface area contributed by atoms with Gasteiger partial charge in [-0.15, -0.1) is 11.3 Å². The van der Waals surface area contributed by atoms with E-state index in [1.165, 1.54) is 24.2 Å². The summed E-state index contributed by atoms with van der Waals surface area (Å²) in [7, 11) is 0. The molecular weight excluding hydrogens is 625 g/mol. The molecule has 1 aliphatic heterocycles. The van der Waals surface area contributed by atoms with Gasteiger partial charge >= 0.3 is 3.93 Å². The first-order chi connectivity index (χ1) is 18.1.